The number of carbonyl (C=O) groups excluding carboxylic acids is 2. The molecule has 0 spiro atoms. The van der Waals surface area contributed by atoms with Crippen LogP contribution in [-0.4, -0.2) is 49.0 Å². The lowest BCUT2D eigenvalue weighted by atomic mass is 9.95. The summed E-state index contributed by atoms with van der Waals surface area (Å²) in [6.45, 7) is 2.56. The summed E-state index contributed by atoms with van der Waals surface area (Å²) in [6.07, 6.45) is 8.03. The third-order valence-electron chi connectivity index (χ3n) is 5.35. The fourth-order valence-electron chi connectivity index (χ4n) is 3.82. The highest BCUT2D eigenvalue weighted by Crippen LogP contribution is 2.19. The van der Waals surface area contributed by atoms with Crippen LogP contribution in [0.1, 0.15) is 50.5 Å². The Morgan fingerprint density at radius 2 is 1.78 bits per heavy atom. The maximum atomic E-state index is 12.2. The van der Waals surface area contributed by atoms with Crippen molar-refractivity contribution in [1.82, 2.24) is 15.5 Å². The molecule has 2 fully saturated rings. The molecule has 2 N–H and O–H groups in total. The first-order valence-electron chi connectivity index (χ1n) is 10.2. The molecule has 6 nitrogen and oxygen atoms in total. The van der Waals surface area contributed by atoms with Crippen LogP contribution in [0.15, 0.2) is 24.3 Å². The highest BCUT2D eigenvalue weighted by Gasteiger charge is 2.19. The number of nitrogens with one attached hydrogen (secondary N) is 2. The van der Waals surface area contributed by atoms with Gasteiger partial charge in [-0.25, -0.2) is 0 Å². The van der Waals surface area contributed by atoms with Crippen molar-refractivity contribution in [3.05, 3.63) is 29.8 Å². The fraction of sp³-hybridized carbons (Fsp3) is 0.619. The van der Waals surface area contributed by atoms with Crippen LogP contribution < -0.4 is 15.4 Å². The first-order chi connectivity index (χ1) is 13.2. The zero-order chi connectivity index (χ0) is 18.9. The third kappa shape index (κ3) is 6.24. The van der Waals surface area contributed by atoms with Crippen molar-refractivity contribution in [2.45, 2.75) is 57.5 Å². The number of amides is 2. The molecule has 1 saturated carbocycles. The molecule has 1 aromatic rings. The molecule has 0 radical (unpaired) electrons. The summed E-state index contributed by atoms with van der Waals surface area (Å²) in [5.74, 6) is 0.789. The van der Waals surface area contributed by atoms with E-state index in [2.05, 4.69) is 10.6 Å². The molecule has 2 amide bonds. The van der Waals surface area contributed by atoms with Crippen LogP contribution in [0.25, 0.3) is 0 Å². The zero-order valence-corrected chi connectivity index (χ0v) is 16.0. The van der Waals surface area contributed by atoms with Gasteiger partial charge in [-0.3, -0.25) is 9.59 Å². The Kier molecular flexibility index (Phi) is 7.51. The number of hydrogen-bond donors (Lipinski definition) is 2. The standard InChI is InChI=1S/C21H31N3O3/c25-20(23-18-9-2-1-3-10-18)15-22-14-17-8-4-5-11-19(17)27-16-21(26)24-12-6-7-13-24/h4-5,8,11,18,22H,1-3,6-7,9-10,12-16H2,(H,23,25). The van der Waals surface area contributed by atoms with E-state index in [0.717, 1.165) is 44.3 Å². The predicted octanol–water partition coefficient (Wildman–Crippen LogP) is 2.23. The van der Waals surface area contributed by atoms with Crippen molar-refractivity contribution in [2.24, 2.45) is 0 Å². The number of ether oxygens (including phenoxy) is 1. The summed E-state index contributed by atoms with van der Waals surface area (Å²) < 4.78 is 5.76. The lowest BCUT2D eigenvalue weighted by Gasteiger charge is -2.22. The van der Waals surface area contributed by atoms with E-state index in [4.69, 9.17) is 4.74 Å². The van der Waals surface area contributed by atoms with Gasteiger partial charge in [0.05, 0.1) is 6.54 Å². The first-order valence-corrected chi connectivity index (χ1v) is 10.2. The fourth-order valence-corrected chi connectivity index (χ4v) is 3.82. The average molecular weight is 373 g/mol. The molecule has 1 saturated heterocycles. The summed E-state index contributed by atoms with van der Waals surface area (Å²) in [6, 6.07) is 8.00. The Bertz CT molecular complexity index is 623. The molecular weight excluding hydrogens is 342 g/mol. The lowest BCUT2D eigenvalue weighted by Crippen LogP contribution is -2.41. The Morgan fingerprint density at radius 3 is 2.56 bits per heavy atom. The number of para-hydroxylation sites is 1. The normalized spacial score (nSPS) is 17.7. The Labute approximate surface area is 161 Å². The second-order valence-corrected chi connectivity index (χ2v) is 7.49. The van der Waals surface area contributed by atoms with Gasteiger partial charge in [-0.2, -0.15) is 0 Å². The van der Waals surface area contributed by atoms with Crippen LogP contribution in [-0.2, 0) is 16.1 Å². The summed E-state index contributed by atoms with van der Waals surface area (Å²) in [7, 11) is 0. The van der Waals surface area contributed by atoms with E-state index in [1.54, 1.807) is 0 Å². The minimum Gasteiger partial charge on any atom is -0.483 e. The molecule has 1 aromatic carbocycles. The van der Waals surface area contributed by atoms with E-state index < -0.39 is 0 Å². The molecule has 1 aliphatic heterocycles. The Morgan fingerprint density at radius 1 is 1.04 bits per heavy atom. The molecule has 1 aliphatic carbocycles. The number of carbonyl (C=O) groups is 2. The van der Waals surface area contributed by atoms with Gasteiger partial charge in [-0.15, -0.1) is 0 Å². The second-order valence-electron chi connectivity index (χ2n) is 7.49. The van der Waals surface area contributed by atoms with E-state index in [1.807, 2.05) is 29.2 Å². The van der Waals surface area contributed by atoms with Gasteiger partial charge in [0.2, 0.25) is 5.91 Å². The molecule has 0 unspecified atom stereocenters. The summed E-state index contributed by atoms with van der Waals surface area (Å²) in [4.78, 5) is 26.1. The van der Waals surface area contributed by atoms with Crippen LogP contribution in [0.3, 0.4) is 0 Å². The number of hydrogen-bond acceptors (Lipinski definition) is 4. The first kappa shape index (κ1) is 19.7. The minimum absolute atomic E-state index is 0.0436. The SMILES string of the molecule is O=C(CNCc1ccccc1OCC(=O)N1CCCC1)NC1CCCCC1. The van der Waals surface area contributed by atoms with E-state index in [0.29, 0.717) is 18.3 Å². The molecule has 0 atom stereocenters. The lowest BCUT2D eigenvalue weighted by molar-refractivity contribution is -0.132. The van der Waals surface area contributed by atoms with Crippen LogP contribution in [0.5, 0.6) is 5.75 Å². The predicted molar refractivity (Wildman–Crippen MR) is 104 cm³/mol. The van der Waals surface area contributed by atoms with Gasteiger partial charge in [0.25, 0.3) is 5.91 Å². The highest BCUT2D eigenvalue weighted by atomic mass is 16.5. The molecule has 1 heterocycles. The van der Waals surface area contributed by atoms with Gasteiger partial charge in [-0.05, 0) is 31.7 Å². The summed E-state index contributed by atoms with van der Waals surface area (Å²) in [5, 5.41) is 6.30. The summed E-state index contributed by atoms with van der Waals surface area (Å²) in [5.41, 5.74) is 0.956. The molecule has 0 bridgehead atoms. The van der Waals surface area contributed by atoms with E-state index >= 15 is 0 Å². The van der Waals surface area contributed by atoms with Gasteiger partial charge in [0, 0.05) is 31.2 Å². The van der Waals surface area contributed by atoms with Crippen molar-refractivity contribution in [3.8, 4) is 5.75 Å². The molecule has 2 aliphatic rings. The third-order valence-corrected chi connectivity index (χ3v) is 5.35. The Balaban J connectivity index is 1.41. The van der Waals surface area contributed by atoms with Crippen LogP contribution >= 0.6 is 0 Å². The maximum Gasteiger partial charge on any atom is 0.260 e. The molecule has 27 heavy (non-hydrogen) atoms. The van der Waals surface area contributed by atoms with Crippen molar-refractivity contribution < 1.29 is 14.3 Å². The smallest absolute Gasteiger partial charge is 0.260 e. The largest absolute Gasteiger partial charge is 0.483 e. The van der Waals surface area contributed by atoms with Gasteiger partial charge in [-0.1, -0.05) is 37.5 Å². The van der Waals surface area contributed by atoms with Crippen LogP contribution in [0.2, 0.25) is 0 Å². The second kappa shape index (κ2) is 10.3. The van der Waals surface area contributed by atoms with Crippen LogP contribution in [0.4, 0.5) is 0 Å². The average Bonchev–Trinajstić information content (AvgIpc) is 3.23. The van der Waals surface area contributed by atoms with Crippen molar-refractivity contribution in [3.63, 3.8) is 0 Å². The molecule has 0 aromatic heterocycles. The van der Waals surface area contributed by atoms with Crippen molar-refractivity contribution in [2.75, 3.05) is 26.2 Å². The quantitative estimate of drug-likeness (QED) is 0.733. The van der Waals surface area contributed by atoms with Gasteiger partial charge in [0.15, 0.2) is 6.61 Å². The van der Waals surface area contributed by atoms with E-state index in [9.17, 15) is 9.59 Å². The molecule has 148 valence electrons. The highest BCUT2D eigenvalue weighted by molar-refractivity contribution is 5.78. The number of rotatable bonds is 8. The van der Waals surface area contributed by atoms with Crippen LogP contribution in [0, 0.1) is 0 Å². The minimum atomic E-state index is 0.0436. The van der Waals surface area contributed by atoms with Crippen molar-refractivity contribution >= 4 is 11.8 Å². The maximum absolute atomic E-state index is 12.2. The van der Waals surface area contributed by atoms with Gasteiger partial charge >= 0.3 is 0 Å². The summed E-state index contributed by atoms with van der Waals surface area (Å²) >= 11 is 0. The van der Waals surface area contributed by atoms with Gasteiger partial charge in [0.1, 0.15) is 5.75 Å². The zero-order valence-electron chi connectivity index (χ0n) is 16.0. The molecule has 6 heteroatoms. The van der Waals surface area contributed by atoms with Crippen molar-refractivity contribution in [1.29, 1.82) is 0 Å². The number of nitrogens with zero attached hydrogens (tertiary/aromatic N) is 1. The van der Waals surface area contributed by atoms with E-state index in [-0.39, 0.29) is 25.0 Å². The van der Waals surface area contributed by atoms with E-state index in [1.165, 1.54) is 19.3 Å². The Hall–Kier alpha value is -2.08. The molecule has 3 rings (SSSR count). The monoisotopic (exact) mass is 373 g/mol. The molecular formula is C21H31N3O3. The topological polar surface area (TPSA) is 70.7 Å². The number of likely N-dealkylation sites (tertiary alicyclic amines) is 1. The van der Waals surface area contributed by atoms with Gasteiger partial charge < -0.3 is 20.3 Å². The number of benzene rings is 1.